The normalized spacial score (nSPS) is 13.6. The lowest BCUT2D eigenvalue weighted by molar-refractivity contribution is -0.122. The van der Waals surface area contributed by atoms with Gasteiger partial charge >= 0.3 is 0 Å². The molecule has 0 atom stereocenters. The van der Waals surface area contributed by atoms with E-state index >= 15 is 0 Å². The first-order valence-corrected chi connectivity index (χ1v) is 12.1. The first-order chi connectivity index (χ1) is 18.2. The van der Waals surface area contributed by atoms with Gasteiger partial charge in [0.15, 0.2) is 11.5 Å². The van der Waals surface area contributed by atoms with Crippen LogP contribution >= 0.6 is 0 Å². The van der Waals surface area contributed by atoms with E-state index in [0.717, 1.165) is 58.2 Å². The monoisotopic (exact) mass is 487 g/mol. The van der Waals surface area contributed by atoms with Crippen molar-refractivity contribution >= 4 is 33.7 Å². The lowest BCUT2D eigenvalue weighted by Gasteiger charge is -2.24. The van der Waals surface area contributed by atoms with E-state index in [4.69, 9.17) is 9.97 Å². The third kappa shape index (κ3) is 3.79. The molecule has 0 bridgehead atoms. The number of carbonyl (C=O) groups is 1. The van der Waals surface area contributed by atoms with E-state index in [2.05, 4.69) is 35.5 Å². The van der Waals surface area contributed by atoms with Crippen LogP contribution in [0.5, 0.6) is 0 Å². The lowest BCUT2D eigenvalue weighted by Crippen LogP contribution is -2.28. The summed E-state index contributed by atoms with van der Waals surface area (Å²) in [5, 5.41) is 10.5. The summed E-state index contributed by atoms with van der Waals surface area (Å²) in [5.41, 5.74) is 7.74. The number of amides is 1. The third-order valence-electron chi connectivity index (χ3n) is 6.80. The predicted octanol–water partition coefficient (Wildman–Crippen LogP) is 4.76. The quantitative estimate of drug-likeness (QED) is 0.319. The third-order valence-corrected chi connectivity index (χ3v) is 6.80. The fraction of sp³-hybridized carbons (Fsp3) is 0.148. The molecule has 1 aliphatic rings. The molecule has 0 aromatic carbocycles. The van der Waals surface area contributed by atoms with Crippen molar-refractivity contribution < 1.29 is 4.79 Å². The smallest absolute Gasteiger partial charge is 0.227 e. The Morgan fingerprint density at radius 3 is 2.57 bits per heavy atom. The Morgan fingerprint density at radius 2 is 1.73 bits per heavy atom. The van der Waals surface area contributed by atoms with Gasteiger partial charge in [0.05, 0.1) is 40.3 Å². The molecule has 0 radical (unpaired) electrons. The summed E-state index contributed by atoms with van der Waals surface area (Å²) in [6, 6.07) is 9.59. The van der Waals surface area contributed by atoms with Gasteiger partial charge in [0, 0.05) is 41.8 Å². The van der Waals surface area contributed by atoms with Crippen molar-refractivity contribution in [3.63, 3.8) is 0 Å². The standard InChI is InChI=1S/C27H21N9O/c37-27(16-2-1-3-16)31-18-10-17(11-29-12-18)20-4-5-21-24(32-20)25(36-35-21)26-33-22-14-30-13-19(23(22)34-26)15-6-8-28-9-7-15/h4-14,16H,1-3H2,(H,31,37)(H,33,34)(H,35,36). The minimum absolute atomic E-state index is 0.0521. The summed E-state index contributed by atoms with van der Waals surface area (Å²) < 4.78 is 0. The van der Waals surface area contributed by atoms with Gasteiger partial charge in [-0.15, -0.1) is 0 Å². The second kappa shape index (κ2) is 8.59. The van der Waals surface area contributed by atoms with Crippen LogP contribution in [-0.4, -0.2) is 46.0 Å². The maximum Gasteiger partial charge on any atom is 0.227 e. The number of H-pyrrole nitrogens is 2. The Kier molecular flexibility index (Phi) is 4.95. The number of hydrogen-bond acceptors (Lipinski definition) is 7. The van der Waals surface area contributed by atoms with E-state index in [1.165, 1.54) is 0 Å². The van der Waals surface area contributed by atoms with Gasteiger partial charge in [-0.05, 0) is 48.7 Å². The second-order valence-electron chi connectivity index (χ2n) is 9.15. The number of anilines is 1. The summed E-state index contributed by atoms with van der Waals surface area (Å²) in [7, 11) is 0. The van der Waals surface area contributed by atoms with Crippen molar-refractivity contribution in [3.05, 3.63) is 67.5 Å². The molecule has 1 amide bonds. The van der Waals surface area contributed by atoms with E-state index in [0.29, 0.717) is 22.7 Å². The SMILES string of the molecule is O=C(Nc1cncc(-c2ccc3[nH]nc(-c4nc5c(-c6ccncc6)cncc5[nH]4)c3n2)c1)C1CCC1. The van der Waals surface area contributed by atoms with Gasteiger partial charge in [-0.2, -0.15) is 5.10 Å². The number of nitrogens with zero attached hydrogens (tertiary/aromatic N) is 6. The van der Waals surface area contributed by atoms with Gasteiger partial charge in [0.2, 0.25) is 5.91 Å². The van der Waals surface area contributed by atoms with Gasteiger partial charge in [-0.1, -0.05) is 6.42 Å². The number of fused-ring (bicyclic) bond motifs is 2. The maximum absolute atomic E-state index is 12.4. The molecule has 0 saturated heterocycles. The summed E-state index contributed by atoms with van der Waals surface area (Å²) in [4.78, 5) is 38.3. The molecule has 3 N–H and O–H groups in total. The fourth-order valence-electron chi connectivity index (χ4n) is 4.58. The van der Waals surface area contributed by atoms with Crippen molar-refractivity contribution in [2.24, 2.45) is 5.92 Å². The number of aromatic nitrogens is 8. The first-order valence-electron chi connectivity index (χ1n) is 12.1. The Hall–Kier alpha value is -4.99. The second-order valence-corrected chi connectivity index (χ2v) is 9.15. The van der Waals surface area contributed by atoms with Crippen LogP contribution in [0.2, 0.25) is 0 Å². The molecule has 10 nitrogen and oxygen atoms in total. The molecule has 1 aliphatic carbocycles. The molecule has 0 aliphatic heterocycles. The van der Waals surface area contributed by atoms with Crippen LogP contribution in [0.1, 0.15) is 19.3 Å². The van der Waals surface area contributed by atoms with Gasteiger partial charge in [0.1, 0.15) is 5.52 Å². The molecule has 1 saturated carbocycles. The fourth-order valence-corrected chi connectivity index (χ4v) is 4.58. The number of nitrogens with one attached hydrogen (secondary N) is 3. The molecule has 6 aromatic rings. The van der Waals surface area contributed by atoms with E-state index in [1.807, 2.05) is 30.3 Å². The molecule has 0 unspecified atom stereocenters. The zero-order chi connectivity index (χ0) is 24.8. The van der Waals surface area contributed by atoms with Crippen molar-refractivity contribution in [1.29, 1.82) is 0 Å². The minimum atomic E-state index is 0.0521. The van der Waals surface area contributed by atoms with Crippen LogP contribution in [0, 0.1) is 5.92 Å². The molecular weight excluding hydrogens is 466 g/mol. The molecular formula is C27H21N9O. The van der Waals surface area contributed by atoms with Crippen LogP contribution < -0.4 is 5.32 Å². The topological polar surface area (TPSA) is 138 Å². The zero-order valence-electron chi connectivity index (χ0n) is 19.6. The average Bonchev–Trinajstić information content (AvgIpc) is 3.52. The van der Waals surface area contributed by atoms with Crippen molar-refractivity contribution in [3.8, 4) is 33.9 Å². The van der Waals surface area contributed by atoms with Crippen LogP contribution in [0.15, 0.2) is 67.5 Å². The lowest BCUT2D eigenvalue weighted by atomic mass is 9.85. The average molecular weight is 488 g/mol. The van der Waals surface area contributed by atoms with Gasteiger partial charge in [-0.3, -0.25) is 24.8 Å². The van der Waals surface area contributed by atoms with E-state index in [-0.39, 0.29) is 11.8 Å². The highest BCUT2D eigenvalue weighted by Crippen LogP contribution is 2.32. The van der Waals surface area contributed by atoms with Crippen molar-refractivity contribution in [1.82, 2.24) is 40.1 Å². The summed E-state index contributed by atoms with van der Waals surface area (Å²) in [5.74, 6) is 0.745. The number of carbonyl (C=O) groups excluding carboxylic acids is 1. The Morgan fingerprint density at radius 1 is 0.865 bits per heavy atom. The molecule has 10 heteroatoms. The number of imidazole rings is 1. The van der Waals surface area contributed by atoms with E-state index in [9.17, 15) is 4.79 Å². The molecule has 37 heavy (non-hydrogen) atoms. The number of hydrogen-bond donors (Lipinski definition) is 3. The van der Waals surface area contributed by atoms with Gasteiger partial charge < -0.3 is 10.3 Å². The molecule has 6 aromatic heterocycles. The van der Waals surface area contributed by atoms with Crippen molar-refractivity contribution in [2.45, 2.75) is 19.3 Å². The Bertz CT molecular complexity index is 1770. The molecule has 1 fully saturated rings. The van der Waals surface area contributed by atoms with E-state index < -0.39 is 0 Å². The molecule has 0 spiro atoms. The Balaban J connectivity index is 1.26. The predicted molar refractivity (Wildman–Crippen MR) is 139 cm³/mol. The maximum atomic E-state index is 12.4. The highest BCUT2D eigenvalue weighted by atomic mass is 16.1. The number of aromatic amines is 2. The molecule has 180 valence electrons. The molecule has 6 heterocycles. The van der Waals surface area contributed by atoms with Gasteiger partial charge in [0.25, 0.3) is 0 Å². The van der Waals surface area contributed by atoms with Crippen molar-refractivity contribution in [2.75, 3.05) is 5.32 Å². The highest BCUT2D eigenvalue weighted by Gasteiger charge is 2.25. The number of pyridine rings is 4. The number of rotatable bonds is 5. The summed E-state index contributed by atoms with van der Waals surface area (Å²) in [6.45, 7) is 0. The van der Waals surface area contributed by atoms with Crippen LogP contribution in [0.3, 0.4) is 0 Å². The van der Waals surface area contributed by atoms with Gasteiger partial charge in [-0.25, -0.2) is 9.97 Å². The van der Waals surface area contributed by atoms with Crippen LogP contribution in [-0.2, 0) is 4.79 Å². The zero-order valence-corrected chi connectivity index (χ0v) is 19.6. The highest BCUT2D eigenvalue weighted by molar-refractivity contribution is 5.96. The molecule has 7 rings (SSSR count). The first kappa shape index (κ1) is 21.3. The van der Waals surface area contributed by atoms with E-state index in [1.54, 1.807) is 37.2 Å². The summed E-state index contributed by atoms with van der Waals surface area (Å²) in [6.07, 6.45) is 13.4. The largest absolute Gasteiger partial charge is 0.335 e. The minimum Gasteiger partial charge on any atom is -0.335 e. The summed E-state index contributed by atoms with van der Waals surface area (Å²) >= 11 is 0. The van der Waals surface area contributed by atoms with Crippen LogP contribution in [0.4, 0.5) is 5.69 Å². The van der Waals surface area contributed by atoms with Crippen LogP contribution in [0.25, 0.3) is 56.0 Å². The Labute approximate surface area is 210 Å².